The van der Waals surface area contributed by atoms with Crippen LogP contribution in [0.5, 0.6) is 0 Å². The average Bonchev–Trinajstić information content (AvgIpc) is 2.39. The van der Waals surface area contributed by atoms with Crippen molar-refractivity contribution in [1.82, 2.24) is 10.3 Å². The number of hydrogen-bond donors (Lipinski definition) is 1. The molecule has 1 amide bonds. The Balaban J connectivity index is 2.28. The third-order valence-corrected chi connectivity index (χ3v) is 3.31. The molecule has 0 bridgehead atoms. The Morgan fingerprint density at radius 3 is 2.89 bits per heavy atom. The summed E-state index contributed by atoms with van der Waals surface area (Å²) in [6.45, 7) is 4.08. The zero-order valence-electron chi connectivity index (χ0n) is 11.1. The number of benzene rings is 1. The molecule has 1 aromatic carbocycles. The van der Waals surface area contributed by atoms with Crippen LogP contribution in [0.1, 0.15) is 37.2 Å². The van der Waals surface area contributed by atoms with Crippen molar-refractivity contribution in [1.29, 1.82) is 0 Å². The molecule has 1 aromatic heterocycles. The summed E-state index contributed by atoms with van der Waals surface area (Å²) < 4.78 is 0. The van der Waals surface area contributed by atoms with Gasteiger partial charge in [-0.2, -0.15) is 0 Å². The number of pyridine rings is 1. The van der Waals surface area contributed by atoms with Gasteiger partial charge in [0.15, 0.2) is 0 Å². The van der Waals surface area contributed by atoms with E-state index in [0.29, 0.717) is 10.7 Å². The van der Waals surface area contributed by atoms with Crippen molar-refractivity contribution >= 4 is 28.4 Å². The van der Waals surface area contributed by atoms with Crippen LogP contribution in [0.15, 0.2) is 30.3 Å². The van der Waals surface area contributed by atoms with Gasteiger partial charge in [0.2, 0.25) is 0 Å². The van der Waals surface area contributed by atoms with Gasteiger partial charge in [-0.1, -0.05) is 43.1 Å². The molecule has 0 spiro atoms. The quantitative estimate of drug-likeness (QED) is 0.923. The van der Waals surface area contributed by atoms with Crippen molar-refractivity contribution in [3.8, 4) is 0 Å². The number of fused-ring (bicyclic) bond motifs is 1. The largest absolute Gasteiger partial charge is 0.348 e. The minimum absolute atomic E-state index is 0.143. The van der Waals surface area contributed by atoms with Crippen molar-refractivity contribution in [3.05, 3.63) is 41.0 Å². The number of carbonyl (C=O) groups is 1. The lowest BCUT2D eigenvalue weighted by atomic mass is 10.1. The van der Waals surface area contributed by atoms with Crippen LogP contribution in [0.4, 0.5) is 0 Å². The minimum Gasteiger partial charge on any atom is -0.348 e. The molecule has 0 saturated carbocycles. The van der Waals surface area contributed by atoms with E-state index in [4.69, 9.17) is 11.6 Å². The first kappa shape index (κ1) is 13.8. The van der Waals surface area contributed by atoms with Gasteiger partial charge >= 0.3 is 0 Å². The van der Waals surface area contributed by atoms with Gasteiger partial charge in [-0.3, -0.25) is 4.79 Å². The minimum atomic E-state index is -0.173. The van der Waals surface area contributed by atoms with Crippen LogP contribution in [0, 0.1) is 0 Å². The van der Waals surface area contributed by atoms with Gasteiger partial charge in [0.05, 0.1) is 10.5 Å². The molecule has 0 saturated heterocycles. The Kier molecular flexibility index (Phi) is 4.38. The fraction of sp³-hybridized carbons (Fsp3) is 0.333. The molecular weight excluding hydrogens is 260 g/mol. The van der Waals surface area contributed by atoms with Gasteiger partial charge in [0.1, 0.15) is 5.69 Å². The zero-order valence-corrected chi connectivity index (χ0v) is 11.9. The molecule has 2 aromatic rings. The summed E-state index contributed by atoms with van der Waals surface area (Å²) in [6.07, 6.45) is 1.99. The summed E-state index contributed by atoms with van der Waals surface area (Å²) in [4.78, 5) is 16.4. The third-order valence-electron chi connectivity index (χ3n) is 3.00. The third kappa shape index (κ3) is 3.24. The Morgan fingerprint density at radius 2 is 2.16 bits per heavy atom. The molecular formula is C15H17ClN2O. The normalized spacial score (nSPS) is 12.4. The van der Waals surface area contributed by atoms with Gasteiger partial charge in [0.25, 0.3) is 5.91 Å². The van der Waals surface area contributed by atoms with E-state index < -0.39 is 0 Å². The van der Waals surface area contributed by atoms with Crippen molar-refractivity contribution in [3.63, 3.8) is 0 Å². The van der Waals surface area contributed by atoms with Crippen LogP contribution < -0.4 is 5.32 Å². The maximum absolute atomic E-state index is 12.1. The van der Waals surface area contributed by atoms with E-state index in [0.717, 1.165) is 23.7 Å². The van der Waals surface area contributed by atoms with Crippen molar-refractivity contribution in [2.24, 2.45) is 0 Å². The smallest absolute Gasteiger partial charge is 0.270 e. The van der Waals surface area contributed by atoms with E-state index in [2.05, 4.69) is 17.2 Å². The Labute approximate surface area is 118 Å². The lowest BCUT2D eigenvalue weighted by Crippen LogP contribution is -2.32. The Morgan fingerprint density at radius 1 is 1.42 bits per heavy atom. The number of nitrogens with zero attached hydrogens (tertiary/aromatic N) is 1. The van der Waals surface area contributed by atoms with Crippen molar-refractivity contribution in [2.45, 2.75) is 32.7 Å². The van der Waals surface area contributed by atoms with E-state index >= 15 is 0 Å². The molecule has 1 N–H and O–H groups in total. The molecule has 1 heterocycles. The fourth-order valence-corrected chi connectivity index (χ4v) is 2.32. The second-order valence-electron chi connectivity index (χ2n) is 4.67. The molecule has 4 heteroatoms. The van der Waals surface area contributed by atoms with Crippen LogP contribution in [-0.2, 0) is 0 Å². The summed E-state index contributed by atoms with van der Waals surface area (Å²) in [5.74, 6) is -0.173. The van der Waals surface area contributed by atoms with Crippen LogP contribution >= 0.6 is 11.6 Å². The molecule has 1 atom stereocenters. The molecule has 0 aliphatic carbocycles. The lowest BCUT2D eigenvalue weighted by Gasteiger charge is -2.12. The Hall–Kier alpha value is -1.61. The van der Waals surface area contributed by atoms with E-state index in [1.54, 1.807) is 6.07 Å². The molecule has 3 nitrogen and oxygen atoms in total. The standard InChI is InChI=1S/C15H17ClN2O/c1-3-6-10(2)17-15(19)14-9-12(16)11-7-4-5-8-13(11)18-14/h4-5,7-10H,3,6H2,1-2H3,(H,17,19). The second-order valence-corrected chi connectivity index (χ2v) is 5.08. The first-order valence-corrected chi connectivity index (χ1v) is 6.85. The molecule has 2 rings (SSSR count). The summed E-state index contributed by atoms with van der Waals surface area (Å²) in [5, 5.41) is 4.35. The van der Waals surface area contributed by atoms with E-state index in [-0.39, 0.29) is 11.9 Å². The van der Waals surface area contributed by atoms with Crippen molar-refractivity contribution < 1.29 is 4.79 Å². The highest BCUT2D eigenvalue weighted by molar-refractivity contribution is 6.35. The topological polar surface area (TPSA) is 42.0 Å². The summed E-state index contributed by atoms with van der Waals surface area (Å²) >= 11 is 6.18. The van der Waals surface area contributed by atoms with E-state index in [1.807, 2.05) is 31.2 Å². The maximum Gasteiger partial charge on any atom is 0.270 e. The molecule has 1 unspecified atom stereocenters. The Bertz CT molecular complexity index is 598. The monoisotopic (exact) mass is 276 g/mol. The molecule has 0 fully saturated rings. The molecule has 0 aliphatic heterocycles. The number of nitrogens with one attached hydrogen (secondary N) is 1. The van der Waals surface area contributed by atoms with Crippen LogP contribution in [0.2, 0.25) is 5.02 Å². The van der Waals surface area contributed by atoms with Crippen LogP contribution in [0.3, 0.4) is 0 Å². The van der Waals surface area contributed by atoms with E-state index in [9.17, 15) is 4.79 Å². The summed E-state index contributed by atoms with van der Waals surface area (Å²) in [6, 6.07) is 9.30. The van der Waals surface area contributed by atoms with Gasteiger partial charge < -0.3 is 5.32 Å². The first-order chi connectivity index (χ1) is 9.11. The highest BCUT2D eigenvalue weighted by Crippen LogP contribution is 2.22. The number of para-hydroxylation sites is 1. The molecule has 19 heavy (non-hydrogen) atoms. The molecule has 0 aliphatic rings. The predicted octanol–water partition coefficient (Wildman–Crippen LogP) is 3.81. The number of hydrogen-bond acceptors (Lipinski definition) is 2. The fourth-order valence-electron chi connectivity index (χ4n) is 2.05. The van der Waals surface area contributed by atoms with Crippen LogP contribution in [0.25, 0.3) is 10.9 Å². The van der Waals surface area contributed by atoms with Gasteiger partial charge in [-0.05, 0) is 25.5 Å². The lowest BCUT2D eigenvalue weighted by molar-refractivity contribution is 0.0933. The maximum atomic E-state index is 12.1. The van der Waals surface area contributed by atoms with Gasteiger partial charge in [-0.25, -0.2) is 4.98 Å². The highest BCUT2D eigenvalue weighted by atomic mass is 35.5. The summed E-state index contributed by atoms with van der Waals surface area (Å²) in [5.41, 5.74) is 1.11. The SMILES string of the molecule is CCCC(C)NC(=O)c1cc(Cl)c2ccccc2n1. The molecule has 0 radical (unpaired) electrons. The van der Waals surface area contributed by atoms with Crippen LogP contribution in [-0.4, -0.2) is 16.9 Å². The van der Waals surface area contributed by atoms with Gasteiger partial charge in [-0.15, -0.1) is 0 Å². The second kappa shape index (κ2) is 6.02. The number of halogens is 1. The van der Waals surface area contributed by atoms with Gasteiger partial charge in [0, 0.05) is 11.4 Å². The number of aromatic nitrogens is 1. The first-order valence-electron chi connectivity index (χ1n) is 6.48. The number of carbonyl (C=O) groups excluding carboxylic acids is 1. The number of amides is 1. The molecule has 100 valence electrons. The highest BCUT2D eigenvalue weighted by Gasteiger charge is 2.13. The predicted molar refractivity (Wildman–Crippen MR) is 78.6 cm³/mol. The zero-order chi connectivity index (χ0) is 13.8. The van der Waals surface area contributed by atoms with E-state index in [1.165, 1.54) is 0 Å². The summed E-state index contributed by atoms with van der Waals surface area (Å²) in [7, 11) is 0. The van der Waals surface area contributed by atoms with Crippen molar-refractivity contribution in [2.75, 3.05) is 0 Å². The number of rotatable bonds is 4. The average molecular weight is 277 g/mol.